The third-order valence-corrected chi connectivity index (χ3v) is 2.84. The zero-order valence-corrected chi connectivity index (χ0v) is 11.3. The van der Waals surface area contributed by atoms with Crippen LogP contribution in [0, 0.1) is 6.92 Å². The van der Waals surface area contributed by atoms with Crippen LogP contribution in [0.5, 0.6) is 0 Å². The van der Waals surface area contributed by atoms with Gasteiger partial charge in [0, 0.05) is 11.4 Å². The lowest BCUT2D eigenvalue weighted by atomic mass is 10.1. The van der Waals surface area contributed by atoms with E-state index in [0.29, 0.717) is 5.69 Å². The van der Waals surface area contributed by atoms with Crippen LogP contribution in [0.15, 0.2) is 18.2 Å². The number of benzene rings is 1. The van der Waals surface area contributed by atoms with Gasteiger partial charge in [-0.05, 0) is 38.0 Å². The SMILES string of the molecule is CCCC(C)OCC(=O)Nc1cccc(N)c1C. The van der Waals surface area contributed by atoms with Crippen LogP contribution in [-0.4, -0.2) is 18.6 Å². The zero-order valence-electron chi connectivity index (χ0n) is 11.3. The molecule has 0 heterocycles. The maximum absolute atomic E-state index is 11.7. The maximum atomic E-state index is 11.7. The molecule has 0 aliphatic carbocycles. The highest BCUT2D eigenvalue weighted by Crippen LogP contribution is 2.20. The number of amides is 1. The third kappa shape index (κ3) is 4.37. The fourth-order valence-corrected chi connectivity index (χ4v) is 1.68. The molecule has 1 aromatic rings. The average Bonchev–Trinajstić information content (AvgIpc) is 2.33. The predicted octanol–water partition coefficient (Wildman–Crippen LogP) is 2.72. The van der Waals surface area contributed by atoms with Crippen molar-refractivity contribution in [1.29, 1.82) is 0 Å². The van der Waals surface area contributed by atoms with E-state index >= 15 is 0 Å². The highest BCUT2D eigenvalue weighted by Gasteiger charge is 2.08. The van der Waals surface area contributed by atoms with Crippen molar-refractivity contribution in [3.05, 3.63) is 23.8 Å². The van der Waals surface area contributed by atoms with Gasteiger partial charge in [0.15, 0.2) is 0 Å². The quantitative estimate of drug-likeness (QED) is 0.763. The molecule has 0 fully saturated rings. The van der Waals surface area contributed by atoms with Gasteiger partial charge in [0.05, 0.1) is 6.10 Å². The maximum Gasteiger partial charge on any atom is 0.250 e. The van der Waals surface area contributed by atoms with E-state index in [1.54, 1.807) is 0 Å². The van der Waals surface area contributed by atoms with E-state index in [4.69, 9.17) is 10.5 Å². The smallest absolute Gasteiger partial charge is 0.250 e. The summed E-state index contributed by atoms with van der Waals surface area (Å²) in [5.41, 5.74) is 8.07. The van der Waals surface area contributed by atoms with E-state index in [0.717, 1.165) is 24.1 Å². The number of hydrogen-bond donors (Lipinski definition) is 2. The average molecular weight is 250 g/mol. The minimum absolute atomic E-state index is 0.0788. The second-order valence-corrected chi connectivity index (χ2v) is 4.48. The van der Waals surface area contributed by atoms with E-state index in [1.807, 2.05) is 32.0 Å². The summed E-state index contributed by atoms with van der Waals surface area (Å²) in [5.74, 6) is -0.147. The van der Waals surface area contributed by atoms with Crippen LogP contribution in [0.1, 0.15) is 32.3 Å². The fraction of sp³-hybridized carbons (Fsp3) is 0.500. The number of hydrogen-bond acceptors (Lipinski definition) is 3. The van der Waals surface area contributed by atoms with Crippen molar-refractivity contribution in [2.75, 3.05) is 17.7 Å². The molecule has 0 aromatic heterocycles. The molecule has 1 unspecified atom stereocenters. The Morgan fingerprint density at radius 3 is 2.89 bits per heavy atom. The van der Waals surface area contributed by atoms with Crippen LogP contribution < -0.4 is 11.1 Å². The lowest BCUT2D eigenvalue weighted by molar-refractivity contribution is -0.122. The van der Waals surface area contributed by atoms with Gasteiger partial charge in [-0.3, -0.25) is 4.79 Å². The number of nitrogens with two attached hydrogens (primary N) is 1. The first-order valence-corrected chi connectivity index (χ1v) is 6.31. The predicted molar refractivity (Wildman–Crippen MR) is 74.5 cm³/mol. The summed E-state index contributed by atoms with van der Waals surface area (Å²) in [6, 6.07) is 5.46. The Bertz CT molecular complexity index is 405. The molecule has 0 aliphatic heterocycles. The summed E-state index contributed by atoms with van der Waals surface area (Å²) in [5, 5.41) is 2.80. The number of nitrogens with one attached hydrogen (secondary N) is 1. The Balaban J connectivity index is 2.47. The number of carbonyl (C=O) groups excluding carboxylic acids is 1. The second-order valence-electron chi connectivity index (χ2n) is 4.48. The largest absolute Gasteiger partial charge is 0.398 e. The number of anilines is 2. The standard InChI is InChI=1S/C14H22N2O2/c1-4-6-10(2)18-9-14(17)16-13-8-5-7-12(15)11(13)3/h5,7-8,10H,4,6,9,15H2,1-3H3,(H,16,17). The summed E-state index contributed by atoms with van der Waals surface area (Å²) in [6.07, 6.45) is 2.13. The molecule has 1 atom stereocenters. The van der Waals surface area contributed by atoms with Gasteiger partial charge in [0.2, 0.25) is 5.91 Å². The Morgan fingerprint density at radius 1 is 1.50 bits per heavy atom. The molecule has 4 nitrogen and oxygen atoms in total. The van der Waals surface area contributed by atoms with Crippen molar-refractivity contribution in [3.8, 4) is 0 Å². The monoisotopic (exact) mass is 250 g/mol. The van der Waals surface area contributed by atoms with E-state index in [2.05, 4.69) is 12.2 Å². The number of rotatable bonds is 6. The summed E-state index contributed by atoms with van der Waals surface area (Å²) >= 11 is 0. The molecule has 1 rings (SSSR count). The first-order chi connectivity index (χ1) is 8.54. The number of nitrogen functional groups attached to an aromatic ring is 1. The topological polar surface area (TPSA) is 64.3 Å². The molecule has 0 radical (unpaired) electrons. The molecule has 18 heavy (non-hydrogen) atoms. The summed E-state index contributed by atoms with van der Waals surface area (Å²) in [7, 11) is 0. The molecule has 1 amide bonds. The van der Waals surface area contributed by atoms with Crippen molar-refractivity contribution >= 4 is 17.3 Å². The molecule has 0 spiro atoms. The molecule has 0 saturated carbocycles. The van der Waals surface area contributed by atoms with E-state index in [1.165, 1.54) is 0 Å². The van der Waals surface area contributed by atoms with Gasteiger partial charge in [0.25, 0.3) is 0 Å². The number of carbonyl (C=O) groups is 1. The first-order valence-electron chi connectivity index (χ1n) is 6.31. The lowest BCUT2D eigenvalue weighted by Crippen LogP contribution is -2.22. The molecule has 4 heteroatoms. The second kappa shape index (κ2) is 7.01. The Kier molecular flexibility index (Phi) is 5.65. The van der Waals surface area contributed by atoms with Gasteiger partial charge in [-0.25, -0.2) is 0 Å². The summed E-state index contributed by atoms with van der Waals surface area (Å²) < 4.78 is 5.44. The molecule has 0 bridgehead atoms. The molecule has 3 N–H and O–H groups in total. The highest BCUT2D eigenvalue weighted by molar-refractivity contribution is 5.93. The molecule has 1 aromatic carbocycles. The number of ether oxygens (including phenoxy) is 1. The normalized spacial score (nSPS) is 12.2. The third-order valence-electron chi connectivity index (χ3n) is 2.84. The Labute approximate surface area is 109 Å². The van der Waals surface area contributed by atoms with Crippen molar-refractivity contribution in [2.24, 2.45) is 0 Å². The highest BCUT2D eigenvalue weighted by atomic mass is 16.5. The van der Waals surface area contributed by atoms with Gasteiger partial charge in [-0.2, -0.15) is 0 Å². The first kappa shape index (κ1) is 14.5. The van der Waals surface area contributed by atoms with Crippen LogP contribution >= 0.6 is 0 Å². The van der Waals surface area contributed by atoms with Crippen LogP contribution in [-0.2, 0) is 9.53 Å². The summed E-state index contributed by atoms with van der Waals surface area (Å²) in [4.78, 5) is 11.7. The van der Waals surface area contributed by atoms with Crippen LogP contribution in [0.3, 0.4) is 0 Å². The van der Waals surface area contributed by atoms with Gasteiger partial charge in [0.1, 0.15) is 6.61 Å². The van der Waals surface area contributed by atoms with E-state index in [-0.39, 0.29) is 18.6 Å². The van der Waals surface area contributed by atoms with Gasteiger partial charge < -0.3 is 15.8 Å². The molecular formula is C14H22N2O2. The van der Waals surface area contributed by atoms with Crippen molar-refractivity contribution in [1.82, 2.24) is 0 Å². The van der Waals surface area contributed by atoms with Crippen LogP contribution in [0.4, 0.5) is 11.4 Å². The van der Waals surface area contributed by atoms with Crippen molar-refractivity contribution < 1.29 is 9.53 Å². The Hall–Kier alpha value is -1.55. The zero-order chi connectivity index (χ0) is 13.5. The van der Waals surface area contributed by atoms with Crippen LogP contribution in [0.25, 0.3) is 0 Å². The minimum Gasteiger partial charge on any atom is -0.398 e. The molecular weight excluding hydrogens is 228 g/mol. The molecule has 100 valence electrons. The van der Waals surface area contributed by atoms with E-state index < -0.39 is 0 Å². The van der Waals surface area contributed by atoms with Crippen molar-refractivity contribution in [2.45, 2.75) is 39.7 Å². The lowest BCUT2D eigenvalue weighted by Gasteiger charge is -2.13. The fourth-order valence-electron chi connectivity index (χ4n) is 1.68. The molecule has 0 aliphatic rings. The van der Waals surface area contributed by atoms with Gasteiger partial charge >= 0.3 is 0 Å². The van der Waals surface area contributed by atoms with Gasteiger partial charge in [-0.1, -0.05) is 19.4 Å². The minimum atomic E-state index is -0.147. The van der Waals surface area contributed by atoms with E-state index in [9.17, 15) is 4.79 Å². The van der Waals surface area contributed by atoms with Crippen molar-refractivity contribution in [3.63, 3.8) is 0 Å². The Morgan fingerprint density at radius 2 is 2.22 bits per heavy atom. The van der Waals surface area contributed by atoms with Gasteiger partial charge in [-0.15, -0.1) is 0 Å². The summed E-state index contributed by atoms with van der Waals surface area (Å²) in [6.45, 7) is 6.03. The molecule has 0 saturated heterocycles. The van der Waals surface area contributed by atoms with Crippen LogP contribution in [0.2, 0.25) is 0 Å².